The third-order valence-corrected chi connectivity index (χ3v) is 8.27. The van der Waals surface area contributed by atoms with Crippen LogP contribution in [0.2, 0.25) is 15.1 Å². The van der Waals surface area contributed by atoms with Crippen LogP contribution in [-0.4, -0.2) is 20.7 Å². The van der Waals surface area contributed by atoms with E-state index in [1.54, 1.807) is 0 Å². The van der Waals surface area contributed by atoms with Crippen molar-refractivity contribution in [1.29, 1.82) is 0 Å². The van der Waals surface area contributed by atoms with Crippen molar-refractivity contribution in [1.82, 2.24) is 10.1 Å². The molecule has 4 rings (SSSR count). The summed E-state index contributed by atoms with van der Waals surface area (Å²) in [5, 5.41) is 4.45. The van der Waals surface area contributed by atoms with E-state index in [-0.39, 0.29) is 22.5 Å². The van der Waals surface area contributed by atoms with Gasteiger partial charge >= 0.3 is 6.18 Å². The van der Waals surface area contributed by atoms with E-state index < -0.39 is 32.7 Å². The van der Waals surface area contributed by atoms with E-state index in [0.29, 0.717) is 40.8 Å². The van der Waals surface area contributed by atoms with E-state index in [1.165, 1.54) is 18.2 Å². The van der Waals surface area contributed by atoms with Crippen LogP contribution in [0.4, 0.5) is 13.2 Å². The Hall–Kier alpha value is -2.50. The number of alkyl halides is 3. The van der Waals surface area contributed by atoms with Gasteiger partial charge in [-0.25, -0.2) is 8.42 Å². The number of nitrogens with zero attached hydrogens (tertiary/aromatic N) is 1. The Labute approximate surface area is 232 Å². The van der Waals surface area contributed by atoms with Crippen molar-refractivity contribution < 1.29 is 26.3 Å². The zero-order valence-electron chi connectivity index (χ0n) is 19.7. The minimum absolute atomic E-state index is 0.146. The molecular formula is C25H21Cl3F3N3O3S. The van der Waals surface area contributed by atoms with Crippen molar-refractivity contribution >= 4 is 50.5 Å². The van der Waals surface area contributed by atoms with E-state index in [2.05, 4.69) is 15.2 Å². The molecule has 0 amide bonds. The van der Waals surface area contributed by atoms with Gasteiger partial charge in [0.1, 0.15) is 10.6 Å². The predicted octanol–water partition coefficient (Wildman–Crippen LogP) is 7.17. The molecule has 3 aromatic carbocycles. The Balaban J connectivity index is 1.68. The summed E-state index contributed by atoms with van der Waals surface area (Å²) < 4.78 is 74.6. The molecule has 0 spiro atoms. The van der Waals surface area contributed by atoms with Gasteiger partial charge in [0.2, 0.25) is 10.0 Å². The molecule has 1 aliphatic rings. The Morgan fingerprint density at radius 3 is 2.39 bits per heavy atom. The number of hydrogen-bond donors (Lipinski definition) is 2. The highest BCUT2D eigenvalue weighted by molar-refractivity contribution is 7.89. The minimum atomic E-state index is -4.77. The average Bonchev–Trinajstić information content (AvgIpc) is 3.33. The van der Waals surface area contributed by atoms with Gasteiger partial charge < -0.3 is 10.2 Å². The quantitative estimate of drug-likeness (QED) is 0.285. The summed E-state index contributed by atoms with van der Waals surface area (Å²) in [6.07, 6.45) is -4.49. The van der Waals surface area contributed by atoms with Crippen LogP contribution in [-0.2, 0) is 16.2 Å². The first-order valence-corrected chi connectivity index (χ1v) is 13.9. The Morgan fingerprint density at radius 1 is 1.05 bits per heavy atom. The van der Waals surface area contributed by atoms with Crippen LogP contribution in [0.3, 0.4) is 0 Å². The summed E-state index contributed by atoms with van der Waals surface area (Å²) in [5.74, 6) is 0.701. The first-order valence-electron chi connectivity index (χ1n) is 11.3. The van der Waals surface area contributed by atoms with E-state index in [0.717, 1.165) is 11.6 Å². The largest absolute Gasteiger partial charge is 0.494 e. The lowest BCUT2D eigenvalue weighted by Gasteiger charge is -2.21. The predicted molar refractivity (Wildman–Crippen MR) is 142 cm³/mol. The highest BCUT2D eigenvalue weighted by Crippen LogP contribution is 2.36. The number of benzene rings is 3. The Bertz CT molecular complexity index is 1470. The fraction of sp³-hybridized carbons (Fsp3) is 0.240. The number of rotatable bonds is 8. The molecule has 0 bridgehead atoms. The molecule has 6 nitrogen and oxygen atoms in total. The van der Waals surface area contributed by atoms with Crippen molar-refractivity contribution in [2.75, 3.05) is 6.61 Å². The van der Waals surface area contributed by atoms with Crippen molar-refractivity contribution in [3.05, 3.63) is 92.4 Å². The van der Waals surface area contributed by atoms with Crippen LogP contribution in [0, 0.1) is 0 Å². The Kier molecular flexibility index (Phi) is 8.49. The summed E-state index contributed by atoms with van der Waals surface area (Å²) in [7, 11) is -4.58. The van der Waals surface area contributed by atoms with Gasteiger partial charge in [-0.3, -0.25) is 0 Å². The summed E-state index contributed by atoms with van der Waals surface area (Å²) in [4.78, 5) is -0.723. The van der Waals surface area contributed by atoms with E-state index in [4.69, 9.17) is 39.5 Å². The van der Waals surface area contributed by atoms with Crippen molar-refractivity contribution in [3.63, 3.8) is 0 Å². The maximum atomic E-state index is 13.4. The second kappa shape index (κ2) is 11.3. The summed E-state index contributed by atoms with van der Waals surface area (Å²) in [6.45, 7) is 2.40. The van der Waals surface area contributed by atoms with Gasteiger partial charge in [-0.15, -0.1) is 0 Å². The summed E-state index contributed by atoms with van der Waals surface area (Å²) in [5.41, 5.74) is 3.38. The number of halogens is 6. The maximum Gasteiger partial charge on any atom is 0.416 e. The highest BCUT2D eigenvalue weighted by Gasteiger charge is 2.36. The van der Waals surface area contributed by atoms with E-state index in [1.807, 2.05) is 31.2 Å². The average molecular weight is 607 g/mol. The molecule has 0 saturated carbocycles. The van der Waals surface area contributed by atoms with Crippen LogP contribution in [0.1, 0.15) is 42.1 Å². The zero-order chi connectivity index (χ0) is 27.7. The van der Waals surface area contributed by atoms with Gasteiger partial charge in [-0.05, 0) is 60.5 Å². The van der Waals surface area contributed by atoms with Gasteiger partial charge in [-0.2, -0.15) is 23.0 Å². The van der Waals surface area contributed by atoms with Crippen molar-refractivity contribution in [3.8, 4) is 5.75 Å². The molecule has 0 fully saturated rings. The number of hydrogen-bond acceptors (Lipinski definition) is 5. The zero-order valence-corrected chi connectivity index (χ0v) is 22.8. The molecule has 13 heteroatoms. The standard InChI is InChI=1S/C25H21Cl3F3N3O3S/c1-2-37-17-7-3-14(4-8-17)21-13-22(33-32-21)24(18-9-6-16(26)12-20(18)28)34-38(35,36)23-11-15(25(29,30)31)5-10-19(23)27/h3-12,21,24,32,34H,2,13H2,1H3. The minimum Gasteiger partial charge on any atom is -0.494 e. The summed E-state index contributed by atoms with van der Waals surface area (Å²) in [6, 6.07) is 12.5. The molecule has 2 N–H and O–H groups in total. The van der Waals surface area contributed by atoms with Gasteiger partial charge in [0.05, 0.1) is 35.0 Å². The molecule has 1 heterocycles. The van der Waals surface area contributed by atoms with Gasteiger partial charge in [0.25, 0.3) is 0 Å². The summed E-state index contributed by atoms with van der Waals surface area (Å²) >= 11 is 18.5. The third-order valence-electron chi connectivity index (χ3n) is 5.80. The third kappa shape index (κ3) is 6.38. The number of sulfonamides is 1. The molecule has 0 radical (unpaired) electrons. The molecule has 3 aromatic rings. The smallest absolute Gasteiger partial charge is 0.416 e. The lowest BCUT2D eigenvalue weighted by molar-refractivity contribution is -0.137. The lowest BCUT2D eigenvalue weighted by atomic mass is 9.96. The van der Waals surface area contributed by atoms with Crippen LogP contribution in [0.5, 0.6) is 5.75 Å². The first kappa shape index (κ1) is 28.5. The molecule has 0 aromatic heterocycles. The fourth-order valence-corrected chi connectivity index (χ4v) is 6.20. The first-order chi connectivity index (χ1) is 17.9. The number of nitrogens with one attached hydrogen (secondary N) is 2. The van der Waals surface area contributed by atoms with Crippen LogP contribution in [0.25, 0.3) is 0 Å². The topological polar surface area (TPSA) is 79.8 Å². The van der Waals surface area contributed by atoms with Gasteiger partial charge in [0, 0.05) is 16.5 Å². The normalized spacial score (nSPS) is 16.6. The van der Waals surface area contributed by atoms with Crippen LogP contribution in [0.15, 0.2) is 70.7 Å². The highest BCUT2D eigenvalue weighted by atomic mass is 35.5. The monoisotopic (exact) mass is 605 g/mol. The fourth-order valence-electron chi connectivity index (χ4n) is 3.95. The molecule has 202 valence electrons. The molecule has 1 aliphatic heterocycles. The molecule has 2 unspecified atom stereocenters. The second-order valence-corrected chi connectivity index (χ2v) is 11.3. The van der Waals surface area contributed by atoms with Crippen LogP contribution >= 0.6 is 34.8 Å². The molecule has 38 heavy (non-hydrogen) atoms. The lowest BCUT2D eigenvalue weighted by Crippen LogP contribution is -2.34. The molecule has 0 saturated heterocycles. The van der Waals surface area contributed by atoms with E-state index >= 15 is 0 Å². The molecule has 2 atom stereocenters. The van der Waals surface area contributed by atoms with E-state index in [9.17, 15) is 21.6 Å². The number of hydrazone groups is 1. The number of ether oxygens (including phenoxy) is 1. The Morgan fingerprint density at radius 2 is 1.76 bits per heavy atom. The van der Waals surface area contributed by atoms with Crippen molar-refractivity contribution in [2.24, 2.45) is 5.10 Å². The van der Waals surface area contributed by atoms with Crippen molar-refractivity contribution in [2.45, 2.75) is 36.5 Å². The molecule has 0 aliphatic carbocycles. The molecular weight excluding hydrogens is 586 g/mol. The second-order valence-electron chi connectivity index (χ2n) is 8.35. The van der Waals surface area contributed by atoms with Crippen LogP contribution < -0.4 is 14.9 Å². The van der Waals surface area contributed by atoms with Gasteiger partial charge in [-0.1, -0.05) is 53.0 Å². The SMILES string of the molecule is CCOc1ccc(C2CC(C(NS(=O)(=O)c3cc(C(F)(F)F)ccc3Cl)c3ccc(Cl)cc3Cl)=NN2)cc1. The van der Waals surface area contributed by atoms with Gasteiger partial charge in [0.15, 0.2) is 0 Å². The maximum absolute atomic E-state index is 13.4.